The van der Waals surface area contributed by atoms with Gasteiger partial charge in [-0.3, -0.25) is 14.4 Å². The molecule has 1 unspecified atom stereocenters. The molecule has 0 rings (SSSR count). The lowest BCUT2D eigenvalue weighted by atomic mass is 10.0. The summed E-state index contributed by atoms with van der Waals surface area (Å²) in [6.45, 7) is 6.42. The van der Waals surface area contributed by atoms with Gasteiger partial charge in [0.25, 0.3) is 0 Å². The van der Waals surface area contributed by atoms with Gasteiger partial charge in [0.1, 0.15) is 13.2 Å². The number of ether oxygens (including phenoxy) is 3. The molecule has 0 aliphatic carbocycles. The van der Waals surface area contributed by atoms with E-state index in [-0.39, 0.29) is 37.5 Å². The molecular formula is C67H112O6. The third-order valence-electron chi connectivity index (χ3n) is 12.7. The molecule has 1 atom stereocenters. The Morgan fingerprint density at radius 3 is 0.932 bits per heavy atom. The number of allylic oxidation sites excluding steroid dienone is 18. The second kappa shape index (κ2) is 60.6. The fourth-order valence-corrected chi connectivity index (χ4v) is 8.17. The van der Waals surface area contributed by atoms with Crippen molar-refractivity contribution in [3.63, 3.8) is 0 Å². The van der Waals surface area contributed by atoms with E-state index in [4.69, 9.17) is 14.2 Å². The molecule has 0 aromatic carbocycles. The van der Waals surface area contributed by atoms with Crippen molar-refractivity contribution in [1.82, 2.24) is 0 Å². The Bertz CT molecular complexity index is 1490. The lowest BCUT2D eigenvalue weighted by Crippen LogP contribution is -2.30. The first-order chi connectivity index (χ1) is 36.0. The third-order valence-corrected chi connectivity index (χ3v) is 12.7. The van der Waals surface area contributed by atoms with Crippen molar-refractivity contribution in [2.24, 2.45) is 0 Å². The van der Waals surface area contributed by atoms with Crippen LogP contribution in [0.1, 0.15) is 278 Å². The Kier molecular flexibility index (Phi) is 57.4. The summed E-state index contributed by atoms with van der Waals surface area (Å²) < 4.78 is 16.8. The molecule has 0 saturated heterocycles. The highest BCUT2D eigenvalue weighted by atomic mass is 16.6. The number of unbranched alkanes of at least 4 members (excludes halogenated alkanes) is 25. The minimum atomic E-state index is -0.813. The summed E-state index contributed by atoms with van der Waals surface area (Å²) in [5.74, 6) is -0.974. The predicted molar refractivity (Wildman–Crippen MR) is 316 cm³/mol. The van der Waals surface area contributed by atoms with E-state index in [1.807, 2.05) is 0 Å². The van der Waals surface area contributed by atoms with E-state index < -0.39 is 6.10 Å². The van der Waals surface area contributed by atoms with Crippen molar-refractivity contribution in [2.75, 3.05) is 13.2 Å². The topological polar surface area (TPSA) is 78.9 Å². The summed E-state index contributed by atoms with van der Waals surface area (Å²) in [6.07, 6.45) is 82.5. The fourth-order valence-electron chi connectivity index (χ4n) is 8.17. The Labute approximate surface area is 450 Å². The van der Waals surface area contributed by atoms with Crippen LogP contribution in [0.5, 0.6) is 0 Å². The Hall–Kier alpha value is -3.93. The minimum Gasteiger partial charge on any atom is -0.462 e. The van der Waals surface area contributed by atoms with Crippen LogP contribution in [0.3, 0.4) is 0 Å². The Morgan fingerprint density at radius 1 is 0.288 bits per heavy atom. The summed E-state index contributed by atoms with van der Waals surface area (Å²) >= 11 is 0. The number of rotatable bonds is 54. The SMILES string of the molecule is CC/C=C\C/C=C\C/C=C\C/C=C\C/C=C\CCCC(=O)OC(COC(=O)CCCCCCC/C=C\CCCC)COC(=O)CCCCCCCCCCCCCC/C=C\C/C=C\C/C=C\CCCCCCC. The summed E-state index contributed by atoms with van der Waals surface area (Å²) in [7, 11) is 0. The zero-order valence-corrected chi connectivity index (χ0v) is 47.6. The highest BCUT2D eigenvalue weighted by Gasteiger charge is 2.19. The van der Waals surface area contributed by atoms with Gasteiger partial charge in [0.2, 0.25) is 0 Å². The first-order valence-corrected chi connectivity index (χ1v) is 30.4. The van der Waals surface area contributed by atoms with Gasteiger partial charge in [-0.1, -0.05) is 252 Å². The second-order valence-electron chi connectivity index (χ2n) is 19.9. The van der Waals surface area contributed by atoms with Crippen molar-refractivity contribution < 1.29 is 28.6 Å². The van der Waals surface area contributed by atoms with E-state index in [1.165, 1.54) is 128 Å². The van der Waals surface area contributed by atoms with Crippen molar-refractivity contribution in [1.29, 1.82) is 0 Å². The van der Waals surface area contributed by atoms with Crippen LogP contribution < -0.4 is 0 Å². The van der Waals surface area contributed by atoms with Gasteiger partial charge in [-0.05, 0) is 116 Å². The molecule has 6 heteroatoms. The van der Waals surface area contributed by atoms with Gasteiger partial charge in [-0.2, -0.15) is 0 Å². The normalized spacial score (nSPS) is 12.9. The van der Waals surface area contributed by atoms with E-state index in [0.717, 1.165) is 103 Å². The molecule has 416 valence electrons. The number of hydrogen-bond acceptors (Lipinski definition) is 6. The molecule has 0 aliphatic rings. The zero-order chi connectivity index (χ0) is 52.9. The van der Waals surface area contributed by atoms with E-state index in [0.29, 0.717) is 19.3 Å². The van der Waals surface area contributed by atoms with Crippen LogP contribution in [0.4, 0.5) is 0 Å². The van der Waals surface area contributed by atoms with Crippen LogP contribution in [-0.4, -0.2) is 37.2 Å². The maximum absolute atomic E-state index is 12.8. The highest BCUT2D eigenvalue weighted by Crippen LogP contribution is 2.15. The van der Waals surface area contributed by atoms with Crippen LogP contribution >= 0.6 is 0 Å². The van der Waals surface area contributed by atoms with E-state index in [2.05, 4.69) is 130 Å². The fraction of sp³-hybridized carbons (Fsp3) is 0.687. The summed E-state index contributed by atoms with van der Waals surface area (Å²) in [4.78, 5) is 38.1. The summed E-state index contributed by atoms with van der Waals surface area (Å²) in [6, 6.07) is 0. The molecule has 0 heterocycles. The minimum absolute atomic E-state index is 0.105. The summed E-state index contributed by atoms with van der Waals surface area (Å²) in [5.41, 5.74) is 0. The van der Waals surface area contributed by atoms with E-state index in [1.54, 1.807) is 0 Å². The number of esters is 3. The monoisotopic (exact) mass is 1010 g/mol. The van der Waals surface area contributed by atoms with Crippen molar-refractivity contribution in [2.45, 2.75) is 284 Å². The van der Waals surface area contributed by atoms with Gasteiger partial charge in [-0.15, -0.1) is 0 Å². The smallest absolute Gasteiger partial charge is 0.306 e. The largest absolute Gasteiger partial charge is 0.462 e. The molecule has 0 aromatic rings. The van der Waals surface area contributed by atoms with Crippen LogP contribution in [0.2, 0.25) is 0 Å². The number of hydrogen-bond donors (Lipinski definition) is 0. The van der Waals surface area contributed by atoms with Crippen LogP contribution in [-0.2, 0) is 28.6 Å². The first kappa shape index (κ1) is 69.1. The number of carbonyl (C=O) groups excluding carboxylic acids is 3. The zero-order valence-electron chi connectivity index (χ0n) is 47.6. The summed E-state index contributed by atoms with van der Waals surface area (Å²) in [5, 5.41) is 0. The molecule has 0 aliphatic heterocycles. The molecule has 0 saturated carbocycles. The average molecular weight is 1010 g/mol. The highest BCUT2D eigenvalue weighted by molar-refractivity contribution is 5.71. The molecule has 0 fully saturated rings. The standard InChI is InChI=1S/C67H112O6/c1-4-7-10-13-16-19-22-24-26-28-29-30-31-32-33-34-35-36-37-39-40-42-45-48-51-54-57-60-66(69)72-63-64(62-71-65(68)59-56-53-50-47-44-21-18-15-12-9-6-3)73-67(70)61-58-55-52-49-46-43-41-38-27-25-23-20-17-14-11-8-5-2/h8,11,15,17-18,20,22,24-25,27-29,31-32,41,43,49,52,64H,4-7,9-10,12-14,16,19,21,23,26,30,33-40,42,44-48,50-51,53-63H2,1-3H3/b11-8-,18-15-,20-17-,24-22-,27-25-,29-28-,32-31-,43-41-,52-49-. The maximum Gasteiger partial charge on any atom is 0.306 e. The van der Waals surface area contributed by atoms with Gasteiger partial charge in [0.15, 0.2) is 6.10 Å². The van der Waals surface area contributed by atoms with Crippen molar-refractivity contribution >= 4 is 17.9 Å². The van der Waals surface area contributed by atoms with Crippen molar-refractivity contribution in [3.8, 4) is 0 Å². The van der Waals surface area contributed by atoms with Gasteiger partial charge in [-0.25, -0.2) is 0 Å². The maximum atomic E-state index is 12.8. The predicted octanol–water partition coefficient (Wildman–Crippen LogP) is 20.7. The lowest BCUT2D eigenvalue weighted by Gasteiger charge is -2.18. The Balaban J connectivity index is 4.32. The molecule has 0 bridgehead atoms. The van der Waals surface area contributed by atoms with Gasteiger partial charge < -0.3 is 14.2 Å². The molecule has 0 radical (unpaired) electrons. The Morgan fingerprint density at radius 2 is 0.562 bits per heavy atom. The third kappa shape index (κ3) is 58.8. The lowest BCUT2D eigenvalue weighted by molar-refractivity contribution is -0.167. The molecule has 6 nitrogen and oxygen atoms in total. The molecule has 0 aromatic heterocycles. The molecule has 73 heavy (non-hydrogen) atoms. The van der Waals surface area contributed by atoms with Crippen LogP contribution in [0.15, 0.2) is 109 Å². The van der Waals surface area contributed by atoms with E-state index >= 15 is 0 Å². The quantitative estimate of drug-likeness (QED) is 0.0261. The first-order valence-electron chi connectivity index (χ1n) is 30.4. The van der Waals surface area contributed by atoms with E-state index in [9.17, 15) is 14.4 Å². The van der Waals surface area contributed by atoms with Crippen molar-refractivity contribution in [3.05, 3.63) is 109 Å². The molecule has 0 N–H and O–H groups in total. The molecular weight excluding hydrogens is 901 g/mol. The van der Waals surface area contributed by atoms with Gasteiger partial charge >= 0.3 is 17.9 Å². The molecule has 0 spiro atoms. The average Bonchev–Trinajstić information content (AvgIpc) is 3.39. The van der Waals surface area contributed by atoms with Gasteiger partial charge in [0.05, 0.1) is 0 Å². The number of carbonyl (C=O) groups is 3. The second-order valence-corrected chi connectivity index (χ2v) is 19.9. The molecule has 0 amide bonds. The van der Waals surface area contributed by atoms with Gasteiger partial charge in [0, 0.05) is 19.3 Å². The van der Waals surface area contributed by atoms with Crippen LogP contribution in [0.25, 0.3) is 0 Å². The van der Waals surface area contributed by atoms with Crippen LogP contribution in [0, 0.1) is 0 Å².